The van der Waals surface area contributed by atoms with Crippen LogP contribution in [-0.4, -0.2) is 46.1 Å². The number of furan rings is 1. The number of hydrogen-bond acceptors (Lipinski definition) is 7. The van der Waals surface area contributed by atoms with Gasteiger partial charge in [0.25, 0.3) is 12.2 Å². The molecule has 4 aromatic rings. The number of carbonyl (C=O) groups is 2. The highest BCUT2D eigenvalue weighted by molar-refractivity contribution is 6.02. The number of esters is 1. The molecule has 3 heterocycles. The molecule has 0 aliphatic heterocycles. The number of benzene rings is 1. The number of amides is 1. The first-order valence-electron chi connectivity index (χ1n) is 9.26. The van der Waals surface area contributed by atoms with E-state index in [0.29, 0.717) is 18.8 Å². The number of aromatic nitrogens is 3. The summed E-state index contributed by atoms with van der Waals surface area (Å²) in [6.07, 6.45) is -3.39. The molecule has 4 rings (SSSR count). The lowest BCUT2D eigenvalue weighted by Gasteiger charge is -2.18. The number of carbonyl (C=O) groups excluding carboxylic acids is 2. The van der Waals surface area contributed by atoms with Crippen LogP contribution in [0.1, 0.15) is 26.5 Å². The molecule has 0 bridgehead atoms. The quantitative estimate of drug-likeness (QED) is 0.264. The Morgan fingerprint density at radius 1 is 1.24 bits per heavy atom. The van der Waals surface area contributed by atoms with Crippen LogP contribution in [0.25, 0.3) is 16.6 Å². The molecule has 13 heteroatoms. The molecule has 0 spiro atoms. The predicted molar refractivity (Wildman–Crippen MR) is 103 cm³/mol. The van der Waals surface area contributed by atoms with Gasteiger partial charge in [-0.3, -0.25) is 4.79 Å². The van der Waals surface area contributed by atoms with Gasteiger partial charge in [0.2, 0.25) is 0 Å². The maximum absolute atomic E-state index is 14.0. The molecule has 1 atom stereocenters. The van der Waals surface area contributed by atoms with Gasteiger partial charge in [-0.1, -0.05) is 0 Å². The fourth-order valence-electron chi connectivity index (χ4n) is 3.07. The van der Waals surface area contributed by atoms with Crippen LogP contribution in [-0.2, 0) is 16.0 Å². The lowest BCUT2D eigenvalue weighted by atomic mass is 10.1. The van der Waals surface area contributed by atoms with E-state index in [4.69, 9.17) is 4.42 Å². The van der Waals surface area contributed by atoms with E-state index in [9.17, 15) is 27.2 Å². The number of fused-ring (bicyclic) bond motifs is 2. The fourth-order valence-corrected chi connectivity index (χ4v) is 3.07. The van der Waals surface area contributed by atoms with Crippen molar-refractivity contribution in [3.8, 4) is 0 Å². The first-order chi connectivity index (χ1) is 15.7. The van der Waals surface area contributed by atoms with E-state index < -0.39 is 35.7 Å². The summed E-state index contributed by atoms with van der Waals surface area (Å²) in [7, 11) is 0.708. The van der Waals surface area contributed by atoms with Gasteiger partial charge in [-0.25, -0.2) is 18.7 Å². The highest BCUT2D eigenvalue weighted by Gasteiger charge is 2.44. The summed E-state index contributed by atoms with van der Waals surface area (Å²) < 4.78 is 67.8. The Bertz CT molecular complexity index is 1350. The van der Waals surface area contributed by atoms with Crippen molar-refractivity contribution >= 4 is 28.5 Å². The monoisotopic (exact) mass is 466 g/mol. The molecule has 3 aromatic heterocycles. The molecule has 0 fully saturated rings. The third-order valence-electron chi connectivity index (χ3n) is 4.49. The van der Waals surface area contributed by atoms with Crippen molar-refractivity contribution in [1.29, 1.82) is 0 Å². The Labute approximate surface area is 181 Å². The molecule has 33 heavy (non-hydrogen) atoms. The summed E-state index contributed by atoms with van der Waals surface area (Å²) >= 11 is 0. The van der Waals surface area contributed by atoms with Gasteiger partial charge < -0.3 is 19.2 Å². The van der Waals surface area contributed by atoms with Gasteiger partial charge in [-0.15, -0.1) is 0 Å². The van der Waals surface area contributed by atoms with Crippen molar-refractivity contribution in [2.45, 2.75) is 19.0 Å². The van der Waals surface area contributed by atoms with Crippen molar-refractivity contribution in [2.75, 3.05) is 7.11 Å². The Hall–Kier alpha value is -4.00. The van der Waals surface area contributed by atoms with Crippen molar-refractivity contribution in [3.63, 3.8) is 0 Å². The van der Waals surface area contributed by atoms with E-state index in [-0.39, 0.29) is 28.8 Å². The average Bonchev–Trinajstić information content (AvgIpc) is 3.38. The number of nitrogens with one attached hydrogen (secondary N) is 1. The molecule has 0 aliphatic rings. The summed E-state index contributed by atoms with van der Waals surface area (Å²) in [6, 6.07) is 4.68. The van der Waals surface area contributed by atoms with Crippen LogP contribution in [0.5, 0.6) is 0 Å². The lowest BCUT2D eigenvalue weighted by molar-refractivity contribution is -0.283. The predicted octanol–water partition coefficient (Wildman–Crippen LogP) is 3.24. The van der Waals surface area contributed by atoms with Gasteiger partial charge in [0, 0.05) is 24.9 Å². The Kier molecular flexibility index (Phi) is 5.72. The van der Waals surface area contributed by atoms with Gasteiger partial charge in [0.15, 0.2) is 5.65 Å². The Morgan fingerprint density at radius 2 is 2.03 bits per heavy atom. The van der Waals surface area contributed by atoms with Crippen molar-refractivity contribution in [3.05, 3.63) is 65.6 Å². The molecule has 0 radical (unpaired) electrons. The number of nitrogens with zero attached hydrogens (tertiary/aromatic N) is 3. The number of halogens is 4. The molecule has 9 nitrogen and oxygen atoms in total. The molecule has 1 amide bonds. The minimum atomic E-state index is -4.98. The number of ether oxygens (including phenoxy) is 2. The number of alkyl halides is 3. The summed E-state index contributed by atoms with van der Waals surface area (Å²) in [4.78, 5) is 28.8. The molecule has 0 saturated heterocycles. The highest BCUT2D eigenvalue weighted by Crippen LogP contribution is 2.28. The van der Waals surface area contributed by atoms with Crippen LogP contribution >= 0.6 is 0 Å². The van der Waals surface area contributed by atoms with Gasteiger partial charge in [0.1, 0.15) is 28.3 Å². The largest absolute Gasteiger partial charge is 0.458 e. The van der Waals surface area contributed by atoms with Gasteiger partial charge in [0.05, 0.1) is 12.7 Å². The zero-order valence-electron chi connectivity index (χ0n) is 16.7. The summed E-state index contributed by atoms with van der Waals surface area (Å²) in [5.41, 5.74) is -0.259. The van der Waals surface area contributed by atoms with Crippen LogP contribution in [0.4, 0.5) is 17.6 Å². The Morgan fingerprint density at radius 3 is 2.76 bits per heavy atom. The van der Waals surface area contributed by atoms with Crippen LogP contribution in [0.2, 0.25) is 0 Å². The fraction of sp³-hybridized carbons (Fsp3) is 0.200. The summed E-state index contributed by atoms with van der Waals surface area (Å²) in [5, 5.41) is 6.67. The van der Waals surface area contributed by atoms with Crippen molar-refractivity contribution in [1.82, 2.24) is 19.9 Å². The van der Waals surface area contributed by atoms with E-state index in [0.717, 1.165) is 6.07 Å². The smallest absolute Gasteiger partial charge is 0.452 e. The van der Waals surface area contributed by atoms with E-state index in [1.165, 1.54) is 23.0 Å². The Balaban J connectivity index is 1.55. The zero-order chi connectivity index (χ0) is 23.8. The first-order valence-corrected chi connectivity index (χ1v) is 9.26. The van der Waals surface area contributed by atoms with Crippen LogP contribution < -0.4 is 5.32 Å². The molecule has 0 saturated carbocycles. The lowest BCUT2D eigenvalue weighted by Crippen LogP contribution is -2.35. The summed E-state index contributed by atoms with van der Waals surface area (Å²) in [5.74, 6) is -2.81. The third kappa shape index (κ3) is 4.48. The average molecular weight is 466 g/mol. The van der Waals surface area contributed by atoms with Crippen LogP contribution in [0, 0.1) is 5.82 Å². The second-order valence-electron chi connectivity index (χ2n) is 6.73. The maximum Gasteiger partial charge on any atom is 0.452 e. The minimum absolute atomic E-state index is 0.0878. The van der Waals surface area contributed by atoms with E-state index in [1.807, 2.05) is 0 Å². The second-order valence-corrected chi connectivity index (χ2v) is 6.73. The highest BCUT2D eigenvalue weighted by atomic mass is 19.4. The zero-order valence-corrected chi connectivity index (χ0v) is 16.7. The van der Waals surface area contributed by atoms with Gasteiger partial charge in [-0.05, 0) is 24.3 Å². The minimum Gasteiger partial charge on any atom is -0.458 e. The van der Waals surface area contributed by atoms with E-state index in [2.05, 4.69) is 24.9 Å². The molecule has 1 N–H and O–H groups in total. The topological polar surface area (TPSA) is 108 Å². The molecular weight excluding hydrogens is 452 g/mol. The number of methoxy groups -OCH3 is 1. The van der Waals surface area contributed by atoms with Crippen LogP contribution in [0.15, 0.2) is 47.3 Å². The normalized spacial score (nSPS) is 12.8. The van der Waals surface area contributed by atoms with Gasteiger partial charge in [-0.2, -0.15) is 18.3 Å². The standard InChI is InChI=1S/C20H14F4N4O5/c1-31-19(20(22,23)24)33-18(30)13-7-11(21)5-10-6-12(32-15(10)13)8-26-17(29)14-9-27-28-4-2-3-25-16(14)28/h2-7,9,19H,8H2,1H3,(H,26,29). The maximum atomic E-state index is 14.0. The third-order valence-corrected chi connectivity index (χ3v) is 4.49. The number of rotatable bonds is 6. The molecule has 172 valence electrons. The van der Waals surface area contributed by atoms with E-state index in [1.54, 1.807) is 12.3 Å². The van der Waals surface area contributed by atoms with Crippen LogP contribution in [0.3, 0.4) is 0 Å². The molecule has 1 unspecified atom stereocenters. The molecule has 0 aliphatic carbocycles. The molecular formula is C20H14F4N4O5. The van der Waals surface area contributed by atoms with Crippen molar-refractivity contribution < 1.29 is 41.0 Å². The van der Waals surface area contributed by atoms with E-state index >= 15 is 0 Å². The second kappa shape index (κ2) is 8.50. The van der Waals surface area contributed by atoms with Crippen molar-refractivity contribution in [2.24, 2.45) is 0 Å². The molecule has 1 aromatic carbocycles. The van der Waals surface area contributed by atoms with Gasteiger partial charge >= 0.3 is 12.1 Å². The number of hydrogen-bond donors (Lipinski definition) is 1. The summed E-state index contributed by atoms with van der Waals surface area (Å²) in [6.45, 7) is -0.170. The SMILES string of the molecule is COC(OC(=O)c1cc(F)cc2cc(CNC(=O)c3cnn4cccnc34)oc12)C(F)(F)F. The first kappa shape index (κ1) is 22.2.